The van der Waals surface area contributed by atoms with Crippen LogP contribution in [-0.4, -0.2) is 24.3 Å². The average molecular weight is 238 g/mol. The van der Waals surface area contributed by atoms with Gasteiger partial charge in [-0.3, -0.25) is 0 Å². The van der Waals surface area contributed by atoms with Crippen LogP contribution < -0.4 is 10.1 Å². The molecule has 4 nitrogen and oxygen atoms in total. The van der Waals surface area contributed by atoms with Gasteiger partial charge in [-0.25, -0.2) is 0 Å². The highest BCUT2D eigenvalue weighted by Crippen LogP contribution is 2.17. The molecule has 1 heterocycles. The molecule has 0 saturated carbocycles. The number of nitrogens with one attached hydrogen (secondary N) is 1. The van der Waals surface area contributed by atoms with Gasteiger partial charge < -0.3 is 14.5 Å². The highest BCUT2D eigenvalue weighted by Gasteiger charge is 2.29. The molecule has 92 valence electrons. The molecule has 16 heavy (non-hydrogen) atoms. The second kappa shape index (κ2) is 5.74. The number of halogens is 3. The molecule has 0 saturated heterocycles. The first-order valence-corrected chi connectivity index (χ1v) is 4.86. The predicted molar refractivity (Wildman–Crippen MR) is 50.1 cm³/mol. The lowest BCUT2D eigenvalue weighted by Gasteiger charge is -2.04. The number of aromatic nitrogens is 1. The third kappa shape index (κ3) is 5.01. The van der Waals surface area contributed by atoms with Crippen LogP contribution in [0.25, 0.3) is 0 Å². The van der Waals surface area contributed by atoms with Gasteiger partial charge in [0.1, 0.15) is 6.26 Å². The van der Waals surface area contributed by atoms with Gasteiger partial charge in [-0.1, -0.05) is 6.92 Å². The Bertz CT molecular complexity index is 312. The summed E-state index contributed by atoms with van der Waals surface area (Å²) < 4.78 is 44.4. The Hall–Kier alpha value is -1.24. The number of alkyl halides is 3. The molecule has 1 rings (SSSR count). The van der Waals surface area contributed by atoms with Gasteiger partial charge in [0, 0.05) is 6.54 Å². The molecule has 0 aliphatic rings. The minimum absolute atomic E-state index is 0.356. The Kier molecular flexibility index (Phi) is 4.60. The van der Waals surface area contributed by atoms with Crippen molar-refractivity contribution in [3.8, 4) is 6.08 Å². The van der Waals surface area contributed by atoms with Crippen molar-refractivity contribution in [2.24, 2.45) is 0 Å². The highest BCUT2D eigenvalue weighted by molar-refractivity contribution is 4.99. The van der Waals surface area contributed by atoms with Gasteiger partial charge in [0.25, 0.3) is 0 Å². The fraction of sp³-hybridized carbons (Fsp3) is 0.667. The maximum Gasteiger partial charge on any atom is 0.422 e. The minimum atomic E-state index is -4.38. The topological polar surface area (TPSA) is 47.3 Å². The molecule has 7 heteroatoms. The molecule has 0 aromatic carbocycles. The normalized spacial score (nSPS) is 11.8. The molecule has 0 bridgehead atoms. The van der Waals surface area contributed by atoms with Gasteiger partial charge in [-0.05, 0) is 13.0 Å². The summed E-state index contributed by atoms with van der Waals surface area (Å²) >= 11 is 0. The SMILES string of the molecule is CCCNCc1coc(OCC(F)(F)F)n1. The molecule has 0 radical (unpaired) electrons. The van der Waals surface area contributed by atoms with Gasteiger partial charge in [-0.15, -0.1) is 0 Å². The number of hydrogen-bond donors (Lipinski definition) is 1. The molecule has 1 aromatic heterocycles. The monoisotopic (exact) mass is 238 g/mol. The molecule has 0 amide bonds. The quantitative estimate of drug-likeness (QED) is 0.771. The van der Waals surface area contributed by atoms with Gasteiger partial charge in [0.2, 0.25) is 0 Å². The maximum atomic E-state index is 11.8. The van der Waals surface area contributed by atoms with Gasteiger partial charge in [0.15, 0.2) is 6.61 Å². The van der Waals surface area contributed by atoms with E-state index in [-0.39, 0.29) is 6.08 Å². The van der Waals surface area contributed by atoms with Crippen LogP contribution in [0.2, 0.25) is 0 Å². The average Bonchev–Trinajstić information content (AvgIpc) is 2.62. The van der Waals surface area contributed by atoms with Crippen LogP contribution in [-0.2, 0) is 6.54 Å². The van der Waals surface area contributed by atoms with Crippen molar-refractivity contribution < 1.29 is 22.3 Å². The lowest BCUT2D eigenvalue weighted by atomic mass is 10.4. The van der Waals surface area contributed by atoms with Crippen molar-refractivity contribution >= 4 is 0 Å². The molecular weight excluding hydrogens is 225 g/mol. The first-order valence-electron chi connectivity index (χ1n) is 4.86. The Morgan fingerprint density at radius 2 is 2.25 bits per heavy atom. The standard InChI is InChI=1S/C9H13F3N2O2/c1-2-3-13-4-7-5-15-8(14-7)16-6-9(10,11)12/h5,13H,2-4,6H2,1H3. The van der Waals surface area contributed by atoms with E-state index >= 15 is 0 Å². The van der Waals surface area contributed by atoms with E-state index in [0.717, 1.165) is 13.0 Å². The van der Waals surface area contributed by atoms with Crippen LogP contribution in [0.1, 0.15) is 19.0 Å². The summed E-state index contributed by atoms with van der Waals surface area (Å²) in [6, 6.07) is 0. The molecule has 1 aromatic rings. The smallest absolute Gasteiger partial charge is 0.422 e. The lowest BCUT2D eigenvalue weighted by molar-refractivity contribution is -0.156. The summed E-state index contributed by atoms with van der Waals surface area (Å²) in [5.74, 6) is 0. The van der Waals surface area contributed by atoms with Crippen molar-refractivity contribution in [2.45, 2.75) is 26.1 Å². The van der Waals surface area contributed by atoms with Gasteiger partial charge in [0.05, 0.1) is 5.69 Å². The maximum absolute atomic E-state index is 11.8. The number of rotatable bonds is 6. The summed E-state index contributed by atoms with van der Waals surface area (Å²) in [7, 11) is 0. The third-order valence-electron chi connectivity index (χ3n) is 1.62. The zero-order chi connectivity index (χ0) is 12.0. The third-order valence-corrected chi connectivity index (χ3v) is 1.62. The minimum Gasteiger partial charge on any atom is -0.441 e. The van der Waals surface area contributed by atoms with E-state index < -0.39 is 12.8 Å². The van der Waals surface area contributed by atoms with Crippen LogP contribution in [0.15, 0.2) is 10.7 Å². The van der Waals surface area contributed by atoms with Crippen LogP contribution in [0, 0.1) is 0 Å². The molecule has 1 N–H and O–H groups in total. The number of ether oxygens (including phenoxy) is 1. The zero-order valence-corrected chi connectivity index (χ0v) is 8.80. The largest absolute Gasteiger partial charge is 0.441 e. The molecule has 0 unspecified atom stereocenters. The van der Waals surface area contributed by atoms with Crippen molar-refractivity contribution in [1.29, 1.82) is 0 Å². The van der Waals surface area contributed by atoms with Gasteiger partial charge >= 0.3 is 12.3 Å². The summed E-state index contributed by atoms with van der Waals surface area (Å²) in [5, 5.41) is 3.04. The second-order valence-corrected chi connectivity index (χ2v) is 3.19. The van der Waals surface area contributed by atoms with Crippen molar-refractivity contribution in [1.82, 2.24) is 10.3 Å². The number of oxazole rings is 1. The first-order chi connectivity index (χ1) is 7.51. The summed E-state index contributed by atoms with van der Waals surface area (Å²) in [6.45, 7) is 1.88. The predicted octanol–water partition coefficient (Wildman–Crippen LogP) is 2.12. The summed E-state index contributed by atoms with van der Waals surface area (Å²) in [6.07, 6.45) is -2.50. The van der Waals surface area contributed by atoms with Gasteiger partial charge in [-0.2, -0.15) is 18.2 Å². The number of hydrogen-bond acceptors (Lipinski definition) is 4. The first kappa shape index (κ1) is 12.8. The van der Waals surface area contributed by atoms with Crippen molar-refractivity contribution in [3.05, 3.63) is 12.0 Å². The zero-order valence-electron chi connectivity index (χ0n) is 8.80. The number of nitrogens with zero attached hydrogens (tertiary/aromatic N) is 1. The fourth-order valence-corrected chi connectivity index (χ4v) is 0.973. The molecule has 0 fully saturated rings. The van der Waals surface area contributed by atoms with E-state index in [1.165, 1.54) is 6.26 Å². The van der Waals surface area contributed by atoms with E-state index in [1.54, 1.807) is 0 Å². The molecule has 0 aliphatic heterocycles. The Morgan fingerprint density at radius 1 is 1.50 bits per heavy atom. The Labute approximate surface area is 90.8 Å². The second-order valence-electron chi connectivity index (χ2n) is 3.19. The summed E-state index contributed by atoms with van der Waals surface area (Å²) in [5.41, 5.74) is 0.519. The molecule has 0 aliphatic carbocycles. The van der Waals surface area contributed by atoms with Crippen LogP contribution in [0.5, 0.6) is 6.08 Å². The van der Waals surface area contributed by atoms with Crippen molar-refractivity contribution in [3.63, 3.8) is 0 Å². The Morgan fingerprint density at radius 3 is 2.88 bits per heavy atom. The van der Waals surface area contributed by atoms with Crippen LogP contribution >= 0.6 is 0 Å². The van der Waals surface area contributed by atoms with E-state index in [9.17, 15) is 13.2 Å². The Balaban J connectivity index is 2.33. The lowest BCUT2D eigenvalue weighted by Crippen LogP contribution is -2.19. The summed E-state index contributed by atoms with van der Waals surface area (Å²) in [4.78, 5) is 3.73. The molecule has 0 spiro atoms. The molecule has 0 atom stereocenters. The van der Waals surface area contributed by atoms with E-state index in [1.807, 2.05) is 6.92 Å². The highest BCUT2D eigenvalue weighted by atomic mass is 19.4. The van der Waals surface area contributed by atoms with Crippen LogP contribution in [0.4, 0.5) is 13.2 Å². The van der Waals surface area contributed by atoms with Crippen LogP contribution in [0.3, 0.4) is 0 Å². The van der Waals surface area contributed by atoms with E-state index in [4.69, 9.17) is 4.42 Å². The van der Waals surface area contributed by atoms with Crippen molar-refractivity contribution in [2.75, 3.05) is 13.2 Å². The van der Waals surface area contributed by atoms with E-state index in [0.29, 0.717) is 12.2 Å². The molecular formula is C9H13F3N2O2. The fourth-order valence-electron chi connectivity index (χ4n) is 0.973. The van der Waals surface area contributed by atoms with E-state index in [2.05, 4.69) is 15.0 Å².